The number of nitrogens with one attached hydrogen (secondary N) is 1. The Labute approximate surface area is 233 Å². The zero-order valence-electron chi connectivity index (χ0n) is 23.0. The minimum atomic E-state index is -4.82. The molecule has 5 rings (SSSR count). The van der Waals surface area contributed by atoms with E-state index in [0.717, 1.165) is 4.90 Å². The summed E-state index contributed by atoms with van der Waals surface area (Å²) in [5, 5.41) is 11.8. The first-order valence-corrected chi connectivity index (χ1v) is 13.2. The van der Waals surface area contributed by atoms with Crippen LogP contribution in [0.15, 0.2) is 42.6 Å². The average Bonchev–Trinajstić information content (AvgIpc) is 3.56. The van der Waals surface area contributed by atoms with Crippen LogP contribution in [0.3, 0.4) is 0 Å². The summed E-state index contributed by atoms with van der Waals surface area (Å²) < 4.78 is 70.9. The van der Waals surface area contributed by atoms with Gasteiger partial charge in [0.1, 0.15) is 11.3 Å². The maximum atomic E-state index is 14.8. The van der Waals surface area contributed by atoms with Crippen molar-refractivity contribution in [2.75, 3.05) is 19.7 Å². The molecule has 2 atom stereocenters. The lowest BCUT2D eigenvalue weighted by atomic mass is 10.0. The third-order valence-electron chi connectivity index (χ3n) is 6.63. The van der Waals surface area contributed by atoms with Gasteiger partial charge in [-0.3, -0.25) is 9.30 Å². The summed E-state index contributed by atoms with van der Waals surface area (Å²) >= 11 is 0. The maximum Gasteiger partial charge on any atom is 0.413 e. The number of fused-ring (bicyclic) bond motifs is 2. The van der Waals surface area contributed by atoms with Gasteiger partial charge in [-0.25, -0.2) is 14.2 Å². The van der Waals surface area contributed by atoms with Crippen LogP contribution in [0, 0.1) is 5.82 Å². The van der Waals surface area contributed by atoms with E-state index in [4.69, 9.17) is 9.47 Å². The quantitative estimate of drug-likeness (QED) is 0.296. The minimum Gasteiger partial charge on any atom is -0.491 e. The zero-order chi connectivity index (χ0) is 29.5. The van der Waals surface area contributed by atoms with Crippen molar-refractivity contribution in [1.82, 2.24) is 29.8 Å². The number of alkyl halides is 3. The molecule has 1 aliphatic heterocycles. The molecule has 1 aromatic carbocycles. The third kappa shape index (κ3) is 5.90. The molecule has 41 heavy (non-hydrogen) atoms. The van der Waals surface area contributed by atoms with E-state index in [1.807, 2.05) is 0 Å². The number of carbonyl (C=O) groups is 1. The number of halogens is 4. The molecule has 1 aliphatic rings. The molecular formula is C28H30F4N6O3. The van der Waals surface area contributed by atoms with Crippen LogP contribution in [0.2, 0.25) is 0 Å². The molecule has 1 fully saturated rings. The van der Waals surface area contributed by atoms with E-state index in [2.05, 4.69) is 20.5 Å². The highest BCUT2D eigenvalue weighted by Crippen LogP contribution is 2.41. The first kappa shape index (κ1) is 28.5. The SMILES string of the molecule is CCOc1cc2nc(-c3nnc4ccc(C(N(C(=O)OC(C)(C)C)C5CCNC5)C(F)(F)F)cn34)ccc2cc1F. The molecule has 4 heterocycles. The van der Waals surface area contributed by atoms with Crippen LogP contribution < -0.4 is 10.1 Å². The van der Waals surface area contributed by atoms with Gasteiger partial charge in [-0.15, -0.1) is 10.2 Å². The topological polar surface area (TPSA) is 93.9 Å². The van der Waals surface area contributed by atoms with Crippen LogP contribution >= 0.6 is 0 Å². The van der Waals surface area contributed by atoms with E-state index in [-0.39, 0.29) is 35.9 Å². The number of ether oxygens (including phenoxy) is 2. The van der Waals surface area contributed by atoms with Gasteiger partial charge >= 0.3 is 12.3 Å². The van der Waals surface area contributed by atoms with Gasteiger partial charge in [-0.05, 0) is 58.9 Å². The van der Waals surface area contributed by atoms with Gasteiger partial charge in [0, 0.05) is 35.8 Å². The first-order valence-electron chi connectivity index (χ1n) is 13.2. The molecule has 0 radical (unpaired) electrons. The van der Waals surface area contributed by atoms with Gasteiger partial charge in [0.05, 0.1) is 12.1 Å². The van der Waals surface area contributed by atoms with Crippen molar-refractivity contribution in [2.24, 2.45) is 0 Å². The van der Waals surface area contributed by atoms with E-state index in [1.54, 1.807) is 39.8 Å². The number of hydrogen-bond acceptors (Lipinski definition) is 7. The fraction of sp³-hybridized carbons (Fsp3) is 0.429. The van der Waals surface area contributed by atoms with Crippen LogP contribution in [0.5, 0.6) is 5.75 Å². The zero-order valence-corrected chi connectivity index (χ0v) is 23.0. The highest BCUT2D eigenvalue weighted by atomic mass is 19.4. The Morgan fingerprint density at radius 3 is 2.61 bits per heavy atom. The van der Waals surface area contributed by atoms with E-state index in [0.29, 0.717) is 29.6 Å². The van der Waals surface area contributed by atoms with Crippen LogP contribution in [-0.2, 0) is 4.74 Å². The van der Waals surface area contributed by atoms with Gasteiger partial charge in [-0.2, -0.15) is 13.2 Å². The Morgan fingerprint density at radius 2 is 1.95 bits per heavy atom. The Morgan fingerprint density at radius 1 is 1.17 bits per heavy atom. The monoisotopic (exact) mass is 574 g/mol. The average molecular weight is 575 g/mol. The smallest absolute Gasteiger partial charge is 0.413 e. The Hall–Kier alpha value is -4.00. The summed E-state index contributed by atoms with van der Waals surface area (Å²) in [4.78, 5) is 18.6. The van der Waals surface area contributed by atoms with Crippen molar-refractivity contribution in [3.63, 3.8) is 0 Å². The minimum absolute atomic E-state index is 0.0368. The van der Waals surface area contributed by atoms with Gasteiger partial charge in [0.15, 0.2) is 29.1 Å². The molecule has 1 amide bonds. The molecule has 0 aliphatic carbocycles. The van der Waals surface area contributed by atoms with Crippen LogP contribution in [-0.4, -0.2) is 68.1 Å². The molecule has 0 spiro atoms. The largest absolute Gasteiger partial charge is 0.491 e. The number of amides is 1. The molecule has 0 bridgehead atoms. The second kappa shape index (κ2) is 10.8. The molecule has 9 nitrogen and oxygen atoms in total. The van der Waals surface area contributed by atoms with Crippen molar-refractivity contribution in [1.29, 1.82) is 0 Å². The summed E-state index contributed by atoms with van der Waals surface area (Å²) in [5.74, 6) is -0.315. The maximum absolute atomic E-state index is 14.8. The number of hydrogen-bond donors (Lipinski definition) is 1. The molecular weight excluding hydrogens is 544 g/mol. The van der Waals surface area contributed by atoms with E-state index < -0.39 is 35.8 Å². The highest BCUT2D eigenvalue weighted by Gasteiger charge is 2.50. The number of nitrogens with zero attached hydrogens (tertiary/aromatic N) is 5. The fourth-order valence-corrected chi connectivity index (χ4v) is 4.92. The van der Waals surface area contributed by atoms with Crippen LogP contribution in [0.1, 0.15) is 45.7 Å². The lowest BCUT2D eigenvalue weighted by Gasteiger charge is -2.38. The van der Waals surface area contributed by atoms with Crippen molar-refractivity contribution in [2.45, 2.75) is 58.0 Å². The fourth-order valence-electron chi connectivity index (χ4n) is 4.92. The predicted molar refractivity (Wildman–Crippen MR) is 143 cm³/mol. The summed E-state index contributed by atoms with van der Waals surface area (Å²) in [6, 6.07) is 5.67. The van der Waals surface area contributed by atoms with Gasteiger partial charge in [-0.1, -0.05) is 12.1 Å². The van der Waals surface area contributed by atoms with Crippen molar-refractivity contribution in [3.8, 4) is 17.3 Å². The predicted octanol–water partition coefficient (Wildman–Crippen LogP) is 5.68. The molecule has 0 saturated carbocycles. The molecule has 4 aromatic rings. The molecule has 3 aromatic heterocycles. The van der Waals surface area contributed by atoms with Gasteiger partial charge in [0.25, 0.3) is 0 Å². The molecule has 13 heteroatoms. The molecule has 2 unspecified atom stereocenters. The second-order valence-corrected chi connectivity index (χ2v) is 10.8. The molecule has 218 valence electrons. The van der Waals surface area contributed by atoms with Crippen LogP contribution in [0.25, 0.3) is 28.1 Å². The Kier molecular flexibility index (Phi) is 7.49. The van der Waals surface area contributed by atoms with Crippen molar-refractivity contribution in [3.05, 3.63) is 54.0 Å². The number of pyridine rings is 2. The lowest BCUT2D eigenvalue weighted by Crippen LogP contribution is -2.50. The standard InChI is InChI=1S/C28H30F4N6O3/c1-5-40-22-13-21-16(12-19(22)29)6-8-20(34-21)25-36-35-23-9-7-17(15-37(23)25)24(28(30,31)32)38(18-10-11-33-14-18)26(39)41-27(2,3)4/h6-9,12-13,15,18,24,33H,5,10-11,14H2,1-4H3. The lowest BCUT2D eigenvalue weighted by molar-refractivity contribution is -0.188. The number of aromatic nitrogens is 4. The highest BCUT2D eigenvalue weighted by molar-refractivity contribution is 5.82. The summed E-state index contributed by atoms with van der Waals surface area (Å²) in [5.41, 5.74) is -0.172. The molecule has 1 saturated heterocycles. The number of benzene rings is 1. The van der Waals surface area contributed by atoms with Crippen molar-refractivity contribution < 1.29 is 31.8 Å². The summed E-state index contributed by atoms with van der Waals surface area (Å²) in [6.07, 6.45) is -4.25. The van der Waals surface area contributed by atoms with Gasteiger partial charge in [0.2, 0.25) is 0 Å². The van der Waals surface area contributed by atoms with E-state index in [9.17, 15) is 22.4 Å². The Bertz CT molecular complexity index is 1580. The first-order chi connectivity index (χ1) is 19.4. The van der Waals surface area contributed by atoms with E-state index >= 15 is 0 Å². The second-order valence-electron chi connectivity index (χ2n) is 10.8. The normalized spacial score (nSPS) is 16.7. The van der Waals surface area contributed by atoms with Gasteiger partial charge < -0.3 is 14.8 Å². The number of carbonyl (C=O) groups excluding carboxylic acids is 1. The van der Waals surface area contributed by atoms with Crippen molar-refractivity contribution >= 4 is 22.6 Å². The third-order valence-corrected chi connectivity index (χ3v) is 6.63. The molecule has 1 N–H and O–H groups in total. The van der Waals surface area contributed by atoms with Crippen LogP contribution in [0.4, 0.5) is 22.4 Å². The number of rotatable bonds is 6. The Balaban J connectivity index is 1.61. The summed E-state index contributed by atoms with van der Waals surface area (Å²) in [6.45, 7) is 7.50. The van der Waals surface area contributed by atoms with E-state index in [1.165, 1.54) is 34.9 Å². The summed E-state index contributed by atoms with van der Waals surface area (Å²) in [7, 11) is 0.